The van der Waals surface area contributed by atoms with Crippen LogP contribution < -0.4 is 5.73 Å². The van der Waals surface area contributed by atoms with E-state index in [0.29, 0.717) is 12.8 Å². The fourth-order valence-electron chi connectivity index (χ4n) is 5.65. The maximum absolute atomic E-state index is 12.5. The van der Waals surface area contributed by atoms with Gasteiger partial charge in [0.1, 0.15) is 6.61 Å². The van der Waals surface area contributed by atoms with Gasteiger partial charge in [-0.2, -0.15) is 0 Å². The highest BCUT2D eigenvalue weighted by Gasteiger charge is 2.28. The Morgan fingerprint density at radius 3 is 1.46 bits per heavy atom. The van der Waals surface area contributed by atoms with Gasteiger partial charge in [-0.25, -0.2) is 4.57 Å². The lowest BCUT2D eigenvalue weighted by atomic mass is 10.0. The summed E-state index contributed by atoms with van der Waals surface area (Å²) < 4.78 is 32.3. The fraction of sp³-hybridized carbons (Fsp3) is 0.897. The third-order valence-corrected chi connectivity index (χ3v) is 9.72. The van der Waals surface area contributed by atoms with Crippen molar-refractivity contribution < 1.29 is 42.7 Å². The molecule has 0 fully saturated rings. The molecule has 1 unspecified atom stereocenters. The van der Waals surface area contributed by atoms with Crippen molar-refractivity contribution in [1.29, 1.82) is 0 Å². The van der Waals surface area contributed by atoms with Crippen LogP contribution in [0.2, 0.25) is 0 Å². The van der Waals surface area contributed by atoms with Crippen molar-refractivity contribution in [1.82, 2.24) is 0 Å². The summed E-state index contributed by atoms with van der Waals surface area (Å²) >= 11 is 0. The molecule has 0 rings (SSSR count). The summed E-state index contributed by atoms with van der Waals surface area (Å²) in [5.74, 6) is -0.923. The van der Waals surface area contributed by atoms with Crippen molar-refractivity contribution in [2.75, 3.05) is 19.8 Å². The van der Waals surface area contributed by atoms with E-state index in [0.717, 1.165) is 51.4 Å². The van der Waals surface area contributed by atoms with Gasteiger partial charge in [-0.3, -0.25) is 18.6 Å². The van der Waals surface area contributed by atoms with Gasteiger partial charge in [0.05, 0.1) is 6.61 Å². The average Bonchev–Trinajstić information content (AvgIpc) is 3.09. The number of aliphatic hydroxyl groups excluding tert-OH is 1. The van der Waals surface area contributed by atoms with E-state index in [-0.39, 0.29) is 19.4 Å². The van der Waals surface area contributed by atoms with Crippen LogP contribution in [0.3, 0.4) is 0 Å². The molecule has 50 heavy (non-hydrogen) atoms. The molecule has 0 aliphatic rings. The van der Waals surface area contributed by atoms with Crippen molar-refractivity contribution >= 4 is 19.8 Å². The minimum absolute atomic E-state index is 0.181. The number of ether oxygens (including phenoxy) is 2. The molecular formula is C39H76NO9P. The minimum Gasteiger partial charge on any atom is -0.462 e. The first-order valence-corrected chi connectivity index (χ1v) is 21.8. The van der Waals surface area contributed by atoms with Crippen molar-refractivity contribution in [2.24, 2.45) is 5.73 Å². The van der Waals surface area contributed by atoms with E-state index in [9.17, 15) is 24.2 Å². The molecule has 0 bridgehead atoms. The Labute approximate surface area is 305 Å². The molecule has 0 aliphatic carbocycles. The van der Waals surface area contributed by atoms with E-state index >= 15 is 0 Å². The van der Waals surface area contributed by atoms with Gasteiger partial charge in [0.25, 0.3) is 0 Å². The molecule has 0 radical (unpaired) electrons. The Kier molecular flexibility index (Phi) is 35.2. The first kappa shape index (κ1) is 48.7. The lowest BCUT2D eigenvalue weighted by Gasteiger charge is -2.20. The molecule has 0 amide bonds. The van der Waals surface area contributed by atoms with Crippen LogP contribution in [0.5, 0.6) is 0 Å². The second-order valence-electron chi connectivity index (χ2n) is 13.7. The van der Waals surface area contributed by atoms with E-state index < -0.39 is 45.3 Å². The zero-order valence-corrected chi connectivity index (χ0v) is 32.9. The molecule has 0 aliphatic heterocycles. The number of aliphatic hydroxyl groups is 1. The number of phosphoric ester groups is 1. The van der Waals surface area contributed by atoms with Crippen LogP contribution >= 0.6 is 7.82 Å². The molecule has 296 valence electrons. The number of hydrogen-bond acceptors (Lipinski definition) is 9. The van der Waals surface area contributed by atoms with Crippen molar-refractivity contribution in [2.45, 2.75) is 206 Å². The zero-order valence-electron chi connectivity index (χ0n) is 32.0. The molecular weight excluding hydrogens is 657 g/mol. The third kappa shape index (κ3) is 35.1. The van der Waals surface area contributed by atoms with Crippen LogP contribution in [-0.4, -0.2) is 54.1 Å². The smallest absolute Gasteiger partial charge is 0.462 e. The number of unbranched alkanes of at least 4 members (excludes halogenated alkanes) is 23. The number of nitrogens with two attached hydrogens (primary N) is 1. The predicted octanol–water partition coefficient (Wildman–Crippen LogP) is 10.4. The van der Waals surface area contributed by atoms with Crippen LogP contribution in [0.15, 0.2) is 12.2 Å². The first-order chi connectivity index (χ1) is 24.2. The van der Waals surface area contributed by atoms with Crippen LogP contribution in [-0.2, 0) is 32.7 Å². The van der Waals surface area contributed by atoms with Crippen molar-refractivity contribution in [3.05, 3.63) is 12.2 Å². The molecule has 0 aromatic carbocycles. The van der Waals surface area contributed by atoms with E-state index in [1.807, 2.05) is 0 Å². The van der Waals surface area contributed by atoms with Crippen molar-refractivity contribution in [3.63, 3.8) is 0 Å². The van der Waals surface area contributed by atoms with Gasteiger partial charge in [0.2, 0.25) is 0 Å². The number of hydrogen-bond donors (Lipinski definition) is 3. The second-order valence-corrected chi connectivity index (χ2v) is 15.1. The number of rotatable bonds is 38. The number of carbonyl (C=O) groups is 2. The second kappa shape index (κ2) is 36.1. The molecule has 0 saturated heterocycles. The van der Waals surface area contributed by atoms with Crippen LogP contribution in [0.4, 0.5) is 0 Å². The normalized spacial score (nSPS) is 14.1. The first-order valence-electron chi connectivity index (χ1n) is 20.3. The van der Waals surface area contributed by atoms with Gasteiger partial charge in [-0.15, -0.1) is 0 Å². The van der Waals surface area contributed by atoms with Gasteiger partial charge >= 0.3 is 19.8 Å². The molecule has 0 aromatic heterocycles. The lowest BCUT2D eigenvalue weighted by Crippen LogP contribution is -2.30. The molecule has 0 saturated carbocycles. The number of carbonyl (C=O) groups excluding carboxylic acids is 2. The van der Waals surface area contributed by atoms with E-state index in [4.69, 9.17) is 19.7 Å². The van der Waals surface area contributed by atoms with Crippen LogP contribution in [0.25, 0.3) is 0 Å². The average molecular weight is 734 g/mol. The van der Waals surface area contributed by atoms with Gasteiger partial charge in [0, 0.05) is 19.4 Å². The van der Waals surface area contributed by atoms with Gasteiger partial charge < -0.3 is 25.2 Å². The van der Waals surface area contributed by atoms with E-state index in [1.54, 1.807) is 0 Å². The predicted molar refractivity (Wildman–Crippen MR) is 203 cm³/mol. The highest BCUT2D eigenvalue weighted by molar-refractivity contribution is 7.47. The van der Waals surface area contributed by atoms with Crippen LogP contribution in [0.1, 0.15) is 194 Å². The molecule has 10 nitrogen and oxygen atoms in total. The summed E-state index contributed by atoms with van der Waals surface area (Å²) in [7, 11) is -4.67. The summed E-state index contributed by atoms with van der Waals surface area (Å²) in [5, 5.41) is 9.44. The maximum atomic E-state index is 12.5. The molecule has 11 heteroatoms. The summed E-state index contributed by atoms with van der Waals surface area (Å²) in [6.45, 7) is 3.22. The molecule has 0 heterocycles. The van der Waals surface area contributed by atoms with Gasteiger partial charge in [-0.1, -0.05) is 154 Å². The van der Waals surface area contributed by atoms with Crippen molar-refractivity contribution in [3.8, 4) is 0 Å². The Hall–Kier alpha value is -1.29. The molecule has 0 spiro atoms. The third-order valence-electron chi connectivity index (χ3n) is 8.74. The number of phosphoric acid groups is 1. The Morgan fingerprint density at radius 1 is 0.620 bits per heavy atom. The fourth-order valence-corrected chi connectivity index (χ4v) is 6.46. The maximum Gasteiger partial charge on any atom is 0.474 e. The quantitative estimate of drug-likeness (QED) is 0.0184. The standard InChI is InChI=1S/C39H76NO9P/c1-3-5-7-9-11-13-15-17-18-20-22-24-26-28-30-32-38(42)48-36(35-47-50(44,45)49-39(43)33-40)34-46-37(41)31-29-27-25-23-21-19-16-14-12-10-8-6-4-2/h17-18,36,39,43H,3-16,19-35,40H2,1-2H3,(H,44,45)/b18-17-/t36-,39+/m1/s1. The summed E-state index contributed by atoms with van der Waals surface area (Å²) in [6.07, 6.45) is 32.9. The van der Waals surface area contributed by atoms with Gasteiger partial charge in [0.15, 0.2) is 12.4 Å². The zero-order chi connectivity index (χ0) is 37.0. The minimum atomic E-state index is -4.67. The molecule has 0 aromatic rings. The highest BCUT2D eigenvalue weighted by atomic mass is 31.2. The van der Waals surface area contributed by atoms with Gasteiger partial charge in [-0.05, 0) is 38.5 Å². The Morgan fingerprint density at radius 2 is 1.02 bits per heavy atom. The number of allylic oxidation sites excluding steroid dienone is 2. The Balaban J connectivity index is 4.27. The van der Waals surface area contributed by atoms with E-state index in [1.165, 1.54) is 103 Å². The van der Waals surface area contributed by atoms with E-state index in [2.05, 4.69) is 30.5 Å². The highest BCUT2D eigenvalue weighted by Crippen LogP contribution is 2.44. The summed E-state index contributed by atoms with van der Waals surface area (Å²) in [4.78, 5) is 34.8. The Bertz CT molecular complexity index is 857. The monoisotopic (exact) mass is 734 g/mol. The summed E-state index contributed by atoms with van der Waals surface area (Å²) in [5.41, 5.74) is 5.23. The lowest BCUT2D eigenvalue weighted by molar-refractivity contribution is -0.161. The van der Waals surface area contributed by atoms with Crippen LogP contribution in [0, 0.1) is 0 Å². The topological polar surface area (TPSA) is 155 Å². The molecule has 4 N–H and O–H groups in total. The summed E-state index contributed by atoms with van der Waals surface area (Å²) in [6, 6.07) is 0. The SMILES string of the molecule is CCCCCCCC/C=C\CCCCCCCC(=O)O[C@H](COC(=O)CCCCCCCCCCCCCCC)COP(=O)(O)O[C@H](O)CN. The molecule has 3 atom stereocenters. The number of esters is 2. The largest absolute Gasteiger partial charge is 0.474 e.